The first kappa shape index (κ1) is 25.4. The Morgan fingerprint density at radius 2 is 1.80 bits per heavy atom. The van der Waals surface area contributed by atoms with Crippen molar-refractivity contribution in [2.45, 2.75) is 26.9 Å². The summed E-state index contributed by atoms with van der Waals surface area (Å²) in [4.78, 5) is 42.8. The van der Waals surface area contributed by atoms with Gasteiger partial charge in [-0.05, 0) is 49.2 Å². The van der Waals surface area contributed by atoms with Crippen LogP contribution < -0.4 is 10.9 Å². The predicted octanol–water partition coefficient (Wildman–Crippen LogP) is 4.51. The van der Waals surface area contributed by atoms with Gasteiger partial charge in [-0.1, -0.05) is 29.3 Å². The molecule has 4 rings (SSSR count). The number of hydrogen-bond donors (Lipinski definition) is 1. The summed E-state index contributed by atoms with van der Waals surface area (Å²) in [5, 5.41) is 3.97. The summed E-state index contributed by atoms with van der Waals surface area (Å²) < 4.78 is 5.12. The molecule has 1 aromatic carbocycles. The Morgan fingerprint density at radius 1 is 1.06 bits per heavy atom. The van der Waals surface area contributed by atoms with Crippen molar-refractivity contribution in [2.24, 2.45) is 0 Å². The lowest BCUT2D eigenvalue weighted by Gasteiger charge is -2.34. The van der Waals surface area contributed by atoms with E-state index >= 15 is 0 Å². The van der Waals surface area contributed by atoms with Gasteiger partial charge in [-0.15, -0.1) is 11.3 Å². The molecule has 1 aliphatic heterocycles. The summed E-state index contributed by atoms with van der Waals surface area (Å²) in [6.07, 6.45) is 0. The highest BCUT2D eigenvalue weighted by molar-refractivity contribution is 7.14. The van der Waals surface area contributed by atoms with Gasteiger partial charge in [0.25, 0.3) is 11.8 Å². The fraction of sp³-hybridized carbons (Fsp3) is 0.320. The van der Waals surface area contributed by atoms with Gasteiger partial charge >= 0.3 is 5.63 Å². The number of carbonyl (C=O) groups excluding carboxylic acids is 2. The van der Waals surface area contributed by atoms with E-state index in [1.165, 1.54) is 17.4 Å². The third kappa shape index (κ3) is 6.13. The average molecular weight is 534 g/mol. The van der Waals surface area contributed by atoms with Gasteiger partial charge in [-0.3, -0.25) is 14.5 Å². The van der Waals surface area contributed by atoms with Crippen molar-refractivity contribution in [3.63, 3.8) is 0 Å². The summed E-state index contributed by atoms with van der Waals surface area (Å²) in [6.45, 7) is 7.02. The van der Waals surface area contributed by atoms with Crippen LogP contribution in [-0.4, -0.2) is 47.8 Å². The molecular weight excluding hydrogens is 509 g/mol. The van der Waals surface area contributed by atoms with Crippen LogP contribution in [0.25, 0.3) is 0 Å². The van der Waals surface area contributed by atoms with Crippen molar-refractivity contribution in [1.82, 2.24) is 15.1 Å². The van der Waals surface area contributed by atoms with E-state index in [-0.39, 0.29) is 11.8 Å². The highest BCUT2D eigenvalue weighted by Gasteiger charge is 2.26. The fourth-order valence-corrected chi connectivity index (χ4v) is 5.52. The molecule has 2 aromatic heterocycles. The van der Waals surface area contributed by atoms with E-state index in [0.29, 0.717) is 58.0 Å². The predicted molar refractivity (Wildman–Crippen MR) is 138 cm³/mol. The van der Waals surface area contributed by atoms with Gasteiger partial charge in [-0.25, -0.2) is 4.79 Å². The van der Waals surface area contributed by atoms with Crippen LogP contribution in [0, 0.1) is 13.8 Å². The van der Waals surface area contributed by atoms with Crippen LogP contribution in [0.1, 0.15) is 41.8 Å². The smallest absolute Gasteiger partial charge is 0.336 e. The molecule has 0 radical (unpaired) electrons. The SMILES string of the molecule is Cc1cc(=O)oc(C)c1C(=O)N1CCN(Cc2ccc(C(=O)NCc3ccc(Cl)cc3Cl)s2)CC1. The third-order valence-corrected chi connectivity index (χ3v) is 7.58. The zero-order chi connectivity index (χ0) is 25.1. The monoisotopic (exact) mass is 533 g/mol. The number of halogens is 2. The van der Waals surface area contributed by atoms with E-state index in [0.717, 1.165) is 23.5 Å². The molecule has 0 saturated carbocycles. The summed E-state index contributed by atoms with van der Waals surface area (Å²) in [6, 6.07) is 10.3. The van der Waals surface area contributed by atoms with Crippen molar-refractivity contribution in [2.75, 3.05) is 26.2 Å². The van der Waals surface area contributed by atoms with Crippen molar-refractivity contribution < 1.29 is 14.0 Å². The molecule has 184 valence electrons. The zero-order valence-corrected chi connectivity index (χ0v) is 21.7. The van der Waals surface area contributed by atoms with Gasteiger partial charge < -0.3 is 14.6 Å². The zero-order valence-electron chi connectivity index (χ0n) is 19.4. The molecular formula is C25H25Cl2N3O4S. The van der Waals surface area contributed by atoms with Crippen LogP contribution in [0.3, 0.4) is 0 Å². The number of hydrogen-bond acceptors (Lipinski definition) is 6. The molecule has 1 aliphatic rings. The first-order valence-electron chi connectivity index (χ1n) is 11.1. The van der Waals surface area contributed by atoms with Crippen molar-refractivity contribution >= 4 is 46.4 Å². The van der Waals surface area contributed by atoms with Gasteiger partial charge in [0.15, 0.2) is 0 Å². The summed E-state index contributed by atoms with van der Waals surface area (Å²) >= 11 is 13.6. The first-order valence-corrected chi connectivity index (χ1v) is 12.7. The van der Waals surface area contributed by atoms with Gasteiger partial charge in [0.1, 0.15) is 5.76 Å². The van der Waals surface area contributed by atoms with E-state index in [9.17, 15) is 14.4 Å². The summed E-state index contributed by atoms with van der Waals surface area (Å²) in [7, 11) is 0. The fourth-order valence-electron chi connectivity index (χ4n) is 4.08. The lowest BCUT2D eigenvalue weighted by atomic mass is 10.1. The van der Waals surface area contributed by atoms with Crippen LogP contribution in [0.4, 0.5) is 0 Å². The largest absolute Gasteiger partial charge is 0.427 e. The van der Waals surface area contributed by atoms with E-state index in [1.807, 2.05) is 12.1 Å². The molecule has 1 saturated heterocycles. The standard InChI is InChI=1S/C25H25Cl2N3O4S/c1-15-11-22(31)34-16(2)23(15)25(33)30-9-7-29(8-10-30)14-19-5-6-21(35-19)24(32)28-13-17-3-4-18(26)12-20(17)27/h3-6,11-12H,7-10,13-14H2,1-2H3,(H,28,32). The van der Waals surface area contributed by atoms with Crippen molar-refractivity contribution in [3.8, 4) is 0 Å². The summed E-state index contributed by atoms with van der Waals surface area (Å²) in [5.74, 6) is 0.0901. The minimum absolute atomic E-state index is 0.112. The molecule has 2 amide bonds. The van der Waals surface area contributed by atoms with Crippen molar-refractivity contribution in [1.29, 1.82) is 0 Å². The molecule has 0 atom stereocenters. The molecule has 1 N–H and O–H groups in total. The molecule has 0 bridgehead atoms. The molecule has 0 spiro atoms. The molecule has 3 aromatic rings. The second-order valence-corrected chi connectivity index (χ2v) is 10.4. The minimum atomic E-state index is -0.445. The molecule has 35 heavy (non-hydrogen) atoms. The second-order valence-electron chi connectivity index (χ2n) is 8.43. The van der Waals surface area contributed by atoms with E-state index < -0.39 is 5.63 Å². The highest BCUT2D eigenvalue weighted by Crippen LogP contribution is 2.23. The Labute approximate surface area is 217 Å². The topological polar surface area (TPSA) is 82.9 Å². The molecule has 3 heterocycles. The van der Waals surface area contributed by atoms with E-state index in [1.54, 1.807) is 36.9 Å². The molecule has 10 heteroatoms. The van der Waals surface area contributed by atoms with Gasteiger partial charge in [-0.2, -0.15) is 0 Å². The number of nitrogens with zero attached hydrogens (tertiary/aromatic N) is 2. The normalized spacial score (nSPS) is 14.2. The Hall–Kier alpha value is -2.65. The first-order chi connectivity index (χ1) is 16.7. The number of thiophene rings is 1. The maximum Gasteiger partial charge on any atom is 0.336 e. The molecule has 1 fully saturated rings. The van der Waals surface area contributed by atoms with Gasteiger partial charge in [0.05, 0.1) is 10.4 Å². The lowest BCUT2D eigenvalue weighted by Crippen LogP contribution is -2.48. The number of aryl methyl sites for hydroxylation is 2. The number of benzene rings is 1. The number of carbonyl (C=O) groups is 2. The number of rotatable bonds is 6. The van der Waals surface area contributed by atoms with Gasteiger partial charge in [0.2, 0.25) is 0 Å². The third-order valence-electron chi connectivity index (χ3n) is 5.93. The second kappa shape index (κ2) is 11.0. The van der Waals surface area contributed by atoms with Crippen molar-refractivity contribution in [3.05, 3.63) is 89.1 Å². The maximum absolute atomic E-state index is 13.0. The number of piperazine rings is 1. The Balaban J connectivity index is 1.29. The minimum Gasteiger partial charge on any atom is -0.427 e. The average Bonchev–Trinajstić information content (AvgIpc) is 3.26. The van der Waals surface area contributed by atoms with E-state index in [4.69, 9.17) is 27.6 Å². The Bertz CT molecular complexity index is 1290. The molecule has 0 aliphatic carbocycles. The van der Waals surface area contributed by atoms with Crippen LogP contribution in [0.2, 0.25) is 10.0 Å². The van der Waals surface area contributed by atoms with Crippen LogP contribution >= 0.6 is 34.5 Å². The Kier molecular flexibility index (Phi) is 7.96. The number of nitrogens with one attached hydrogen (secondary N) is 1. The van der Waals surface area contributed by atoms with Crippen LogP contribution in [0.5, 0.6) is 0 Å². The van der Waals surface area contributed by atoms with Crippen LogP contribution in [-0.2, 0) is 13.1 Å². The highest BCUT2D eigenvalue weighted by atomic mass is 35.5. The number of amides is 2. The molecule has 7 nitrogen and oxygen atoms in total. The lowest BCUT2D eigenvalue weighted by molar-refractivity contribution is 0.0624. The van der Waals surface area contributed by atoms with E-state index in [2.05, 4.69) is 10.2 Å². The van der Waals surface area contributed by atoms with Crippen LogP contribution in [0.15, 0.2) is 45.6 Å². The maximum atomic E-state index is 13.0. The van der Waals surface area contributed by atoms with Gasteiger partial charge in [0, 0.05) is 60.3 Å². The molecule has 0 unspecified atom stereocenters. The quantitative estimate of drug-likeness (QED) is 0.503. The Morgan fingerprint density at radius 3 is 2.49 bits per heavy atom. The summed E-state index contributed by atoms with van der Waals surface area (Å²) in [5.41, 5.74) is 1.46.